The maximum Gasteiger partial charge on any atom is 0.303 e. The maximum atomic E-state index is 15.8. The van der Waals surface area contributed by atoms with Crippen molar-refractivity contribution in [2.24, 2.45) is 5.73 Å². The van der Waals surface area contributed by atoms with Gasteiger partial charge in [0.05, 0.1) is 35.1 Å². The molecule has 212 valence electrons. The van der Waals surface area contributed by atoms with Gasteiger partial charge in [0.1, 0.15) is 29.6 Å². The fourth-order valence-corrected chi connectivity index (χ4v) is 4.24. The molecule has 2 heterocycles. The van der Waals surface area contributed by atoms with E-state index >= 15 is 13.2 Å². The van der Waals surface area contributed by atoms with Crippen molar-refractivity contribution in [2.45, 2.75) is 44.8 Å². The fraction of sp³-hybridized carbons (Fsp3) is 0.345. The Morgan fingerprint density at radius 2 is 1.70 bits per heavy atom. The summed E-state index contributed by atoms with van der Waals surface area (Å²) in [5.74, 6) is -3.72. The summed E-state index contributed by atoms with van der Waals surface area (Å²) >= 11 is 0. The Labute approximate surface area is 230 Å². The van der Waals surface area contributed by atoms with Gasteiger partial charge in [-0.2, -0.15) is 8.78 Å². The fourth-order valence-electron chi connectivity index (χ4n) is 4.24. The second-order valence-electron chi connectivity index (χ2n) is 10.1. The molecule has 0 aliphatic heterocycles. The molecule has 2 aromatic heterocycles. The van der Waals surface area contributed by atoms with Crippen LogP contribution in [0.2, 0.25) is 0 Å². The second-order valence-corrected chi connectivity index (χ2v) is 10.1. The molecular weight excluding hydrogens is 525 g/mol. The topological polar surface area (TPSA) is 113 Å². The number of alkyl halides is 2. The Morgan fingerprint density at radius 3 is 2.35 bits per heavy atom. The van der Waals surface area contributed by atoms with Crippen LogP contribution in [0.25, 0.3) is 10.9 Å². The summed E-state index contributed by atoms with van der Waals surface area (Å²) in [4.78, 5) is 13.1. The predicted molar refractivity (Wildman–Crippen MR) is 143 cm³/mol. The minimum Gasteiger partial charge on any atom is -0.487 e. The van der Waals surface area contributed by atoms with E-state index in [-0.39, 0.29) is 17.9 Å². The average Bonchev–Trinajstić information content (AvgIpc) is 2.88. The highest BCUT2D eigenvalue weighted by atomic mass is 19.3. The molecule has 4 aromatic rings. The van der Waals surface area contributed by atoms with E-state index in [1.54, 1.807) is 37.4 Å². The molecule has 0 radical (unpaired) electrons. The van der Waals surface area contributed by atoms with Crippen LogP contribution in [0.1, 0.15) is 43.4 Å². The van der Waals surface area contributed by atoms with Crippen LogP contribution in [-0.2, 0) is 16.2 Å². The molecule has 0 aliphatic rings. The van der Waals surface area contributed by atoms with Crippen LogP contribution in [0.4, 0.5) is 13.2 Å². The molecule has 8 nitrogen and oxygen atoms in total. The van der Waals surface area contributed by atoms with E-state index in [9.17, 15) is 5.11 Å². The van der Waals surface area contributed by atoms with Crippen molar-refractivity contribution < 1.29 is 32.5 Å². The minimum absolute atomic E-state index is 0.183. The maximum absolute atomic E-state index is 15.8. The average molecular weight is 557 g/mol. The zero-order valence-electron chi connectivity index (χ0n) is 22.8. The largest absolute Gasteiger partial charge is 0.487 e. The normalized spacial score (nSPS) is 13.8. The van der Waals surface area contributed by atoms with Crippen molar-refractivity contribution >= 4 is 10.9 Å². The zero-order chi connectivity index (χ0) is 29.3. The van der Waals surface area contributed by atoms with Crippen molar-refractivity contribution in [3.05, 3.63) is 83.3 Å². The van der Waals surface area contributed by atoms with E-state index in [4.69, 9.17) is 19.9 Å². The highest BCUT2D eigenvalue weighted by Crippen LogP contribution is 2.43. The predicted octanol–water partition coefficient (Wildman–Crippen LogP) is 5.37. The third-order valence-corrected chi connectivity index (χ3v) is 6.44. The van der Waals surface area contributed by atoms with Crippen LogP contribution in [0.3, 0.4) is 0 Å². The van der Waals surface area contributed by atoms with Crippen LogP contribution in [-0.4, -0.2) is 46.0 Å². The first-order valence-corrected chi connectivity index (χ1v) is 12.5. The summed E-state index contributed by atoms with van der Waals surface area (Å²) in [5.41, 5.74) is 1.89. The van der Waals surface area contributed by atoms with Crippen molar-refractivity contribution in [2.75, 3.05) is 20.3 Å². The molecular formula is C29H31F3N4O4. The summed E-state index contributed by atoms with van der Waals surface area (Å²) in [5, 5.41) is 10.5. The molecule has 11 heteroatoms. The van der Waals surface area contributed by atoms with E-state index in [0.29, 0.717) is 40.6 Å². The Hall–Kier alpha value is -3.80. The van der Waals surface area contributed by atoms with Crippen LogP contribution in [0.5, 0.6) is 17.2 Å². The minimum atomic E-state index is -3.90. The number of methoxy groups -OCH3 is 1. The molecule has 0 saturated heterocycles. The Kier molecular flexibility index (Phi) is 8.02. The first kappa shape index (κ1) is 29.2. The summed E-state index contributed by atoms with van der Waals surface area (Å²) in [7, 11) is 1.54. The summed E-state index contributed by atoms with van der Waals surface area (Å²) in [6, 6.07) is 10.2. The lowest BCUT2D eigenvalue weighted by Crippen LogP contribution is -2.42. The van der Waals surface area contributed by atoms with E-state index in [0.717, 1.165) is 19.9 Å². The number of nitrogens with zero attached hydrogens (tertiary/aromatic N) is 3. The Bertz CT molecular complexity index is 1510. The highest BCUT2D eigenvalue weighted by Gasteiger charge is 2.49. The van der Waals surface area contributed by atoms with E-state index in [1.165, 1.54) is 32.4 Å². The summed E-state index contributed by atoms with van der Waals surface area (Å²) in [6.45, 7) is 5.43. The van der Waals surface area contributed by atoms with Crippen LogP contribution in [0, 0.1) is 12.7 Å². The number of ether oxygens (including phenoxy) is 3. The lowest BCUT2D eigenvalue weighted by atomic mass is 9.83. The van der Waals surface area contributed by atoms with Gasteiger partial charge >= 0.3 is 5.92 Å². The standard InChI is InChI=1S/C29H31F3N4O4/c1-17-35-22-15-24(40-18-8-7-11-34-16-18)23(39-13-12-38-5)14-19(22)26(36-17)28(4,33)20-9-6-10-21(25(20)30)29(31,32)27(2,3)37/h6-11,14-16,37H,12-13,33H2,1-5H3. The van der Waals surface area contributed by atoms with Gasteiger partial charge in [0.25, 0.3) is 0 Å². The molecule has 0 bridgehead atoms. The van der Waals surface area contributed by atoms with Gasteiger partial charge in [-0.25, -0.2) is 14.4 Å². The van der Waals surface area contributed by atoms with Gasteiger partial charge in [-0.3, -0.25) is 4.98 Å². The first-order chi connectivity index (χ1) is 18.8. The molecule has 1 unspecified atom stereocenters. The molecule has 1 atom stereocenters. The molecule has 4 rings (SSSR count). The van der Waals surface area contributed by atoms with Crippen molar-refractivity contribution in [3.63, 3.8) is 0 Å². The summed E-state index contributed by atoms with van der Waals surface area (Å²) < 4.78 is 62.9. The van der Waals surface area contributed by atoms with Gasteiger partial charge in [0, 0.05) is 30.3 Å². The van der Waals surface area contributed by atoms with Crippen molar-refractivity contribution in [3.8, 4) is 17.2 Å². The molecule has 0 amide bonds. The van der Waals surface area contributed by atoms with E-state index in [2.05, 4.69) is 15.0 Å². The van der Waals surface area contributed by atoms with Gasteiger partial charge in [0.15, 0.2) is 11.5 Å². The molecule has 0 spiro atoms. The number of rotatable bonds is 10. The number of aliphatic hydroxyl groups is 1. The molecule has 40 heavy (non-hydrogen) atoms. The van der Waals surface area contributed by atoms with Gasteiger partial charge in [-0.1, -0.05) is 12.1 Å². The lowest BCUT2D eigenvalue weighted by Gasteiger charge is -2.32. The third-order valence-electron chi connectivity index (χ3n) is 6.44. The van der Waals surface area contributed by atoms with Crippen LogP contribution in [0.15, 0.2) is 54.9 Å². The Morgan fingerprint density at radius 1 is 0.975 bits per heavy atom. The highest BCUT2D eigenvalue weighted by molar-refractivity contribution is 5.86. The number of aromatic nitrogens is 3. The lowest BCUT2D eigenvalue weighted by molar-refractivity contribution is -0.170. The number of fused-ring (bicyclic) bond motifs is 1. The molecule has 3 N–H and O–H groups in total. The number of halogens is 3. The van der Waals surface area contributed by atoms with Gasteiger partial charge in [-0.15, -0.1) is 0 Å². The van der Waals surface area contributed by atoms with Crippen molar-refractivity contribution in [1.29, 1.82) is 0 Å². The van der Waals surface area contributed by atoms with Gasteiger partial charge in [-0.05, 0) is 52.0 Å². The van der Waals surface area contributed by atoms with E-state index in [1.807, 2.05) is 0 Å². The first-order valence-electron chi connectivity index (χ1n) is 12.5. The number of benzene rings is 2. The summed E-state index contributed by atoms with van der Waals surface area (Å²) in [6.07, 6.45) is 3.15. The number of pyridine rings is 1. The number of aryl methyl sites for hydroxylation is 1. The molecule has 0 aliphatic carbocycles. The molecule has 0 saturated carbocycles. The second kappa shape index (κ2) is 11.0. The van der Waals surface area contributed by atoms with Crippen LogP contribution < -0.4 is 15.2 Å². The van der Waals surface area contributed by atoms with Crippen molar-refractivity contribution in [1.82, 2.24) is 15.0 Å². The van der Waals surface area contributed by atoms with Crippen LogP contribution >= 0.6 is 0 Å². The van der Waals surface area contributed by atoms with Gasteiger partial charge < -0.3 is 25.1 Å². The van der Waals surface area contributed by atoms with Gasteiger partial charge in [0.2, 0.25) is 0 Å². The third kappa shape index (κ3) is 5.58. The number of hydrogen-bond acceptors (Lipinski definition) is 8. The quantitative estimate of drug-likeness (QED) is 0.251. The molecule has 0 fully saturated rings. The smallest absolute Gasteiger partial charge is 0.303 e. The monoisotopic (exact) mass is 556 g/mol. The molecule has 2 aromatic carbocycles. The SMILES string of the molecule is COCCOc1cc2c(C(C)(N)c3cccc(C(F)(F)C(C)(C)O)c3F)nc(C)nc2cc1Oc1cccnc1. The zero-order valence-corrected chi connectivity index (χ0v) is 22.8. The number of hydrogen-bond donors (Lipinski definition) is 2. The Balaban J connectivity index is 1.90. The number of nitrogens with two attached hydrogens (primary N) is 1. The van der Waals surface area contributed by atoms with E-state index < -0.39 is 28.4 Å².